The van der Waals surface area contributed by atoms with Gasteiger partial charge in [-0.25, -0.2) is 4.98 Å². The average Bonchev–Trinajstić information content (AvgIpc) is 2.28. The number of benzene rings is 1. The number of rotatable bonds is 2. The zero-order valence-electron chi connectivity index (χ0n) is 10.2. The van der Waals surface area contributed by atoms with Crippen molar-refractivity contribution >= 4 is 11.6 Å². The van der Waals surface area contributed by atoms with Crippen molar-refractivity contribution in [3.63, 3.8) is 0 Å². The van der Waals surface area contributed by atoms with E-state index in [2.05, 4.69) is 10.3 Å². The molecule has 18 heavy (non-hydrogen) atoms. The van der Waals surface area contributed by atoms with E-state index in [0.29, 0.717) is 5.56 Å². The summed E-state index contributed by atoms with van der Waals surface area (Å²) < 4.78 is 12.6. The number of carbonyl (C=O) groups is 1. The minimum Gasteiger partial charge on any atom is -0.322 e. The zero-order chi connectivity index (χ0) is 13.1. The van der Waals surface area contributed by atoms with Gasteiger partial charge in [0.05, 0.1) is 5.56 Å². The second-order valence-electron chi connectivity index (χ2n) is 4.20. The van der Waals surface area contributed by atoms with Crippen LogP contribution >= 0.6 is 0 Å². The van der Waals surface area contributed by atoms with Crippen LogP contribution in [0.25, 0.3) is 0 Å². The Balaban J connectivity index is 2.18. The van der Waals surface area contributed by atoms with E-state index in [9.17, 15) is 9.18 Å². The Morgan fingerprint density at radius 3 is 2.39 bits per heavy atom. The molecule has 0 radical (unpaired) electrons. The molecule has 0 atom stereocenters. The minimum absolute atomic E-state index is 0.299. The molecule has 1 aromatic carbocycles. The second-order valence-corrected chi connectivity index (χ2v) is 4.20. The monoisotopic (exact) mass is 244 g/mol. The van der Waals surface area contributed by atoms with Gasteiger partial charge in [0.2, 0.25) is 5.95 Å². The van der Waals surface area contributed by atoms with Gasteiger partial charge in [-0.05, 0) is 49.2 Å². The number of carbonyl (C=O) groups excluding carboxylic acids is 1. The molecule has 0 aliphatic heterocycles. The van der Waals surface area contributed by atoms with Crippen molar-refractivity contribution in [1.82, 2.24) is 4.98 Å². The van der Waals surface area contributed by atoms with E-state index in [1.807, 2.05) is 32.0 Å². The van der Waals surface area contributed by atoms with Gasteiger partial charge in [0.1, 0.15) is 0 Å². The third-order valence-corrected chi connectivity index (χ3v) is 2.47. The maximum Gasteiger partial charge on any atom is 0.257 e. The van der Waals surface area contributed by atoms with E-state index in [-0.39, 0.29) is 5.91 Å². The lowest BCUT2D eigenvalue weighted by atomic mass is 10.1. The van der Waals surface area contributed by atoms with Crippen LogP contribution in [0.5, 0.6) is 0 Å². The Morgan fingerprint density at radius 1 is 1.17 bits per heavy atom. The molecule has 4 heteroatoms. The van der Waals surface area contributed by atoms with Gasteiger partial charge in [0.15, 0.2) is 0 Å². The number of amides is 1. The number of nitrogens with zero attached hydrogens (tertiary/aromatic N) is 1. The zero-order valence-corrected chi connectivity index (χ0v) is 10.2. The first-order valence-electron chi connectivity index (χ1n) is 5.56. The highest BCUT2D eigenvalue weighted by Crippen LogP contribution is 2.14. The van der Waals surface area contributed by atoms with Crippen LogP contribution in [-0.4, -0.2) is 10.9 Å². The standard InChI is InChI=1S/C14H13FN2O/c1-9-5-10(2)7-12(6-9)17-14(18)11-3-4-13(15)16-8-11/h3-8H,1-2H3,(H,17,18). The molecular formula is C14H13FN2O. The van der Waals surface area contributed by atoms with Crippen molar-refractivity contribution in [2.24, 2.45) is 0 Å². The number of nitrogens with one attached hydrogen (secondary N) is 1. The highest BCUT2D eigenvalue weighted by Gasteiger charge is 2.07. The van der Waals surface area contributed by atoms with Crippen molar-refractivity contribution < 1.29 is 9.18 Å². The third-order valence-electron chi connectivity index (χ3n) is 2.47. The number of pyridine rings is 1. The van der Waals surface area contributed by atoms with Crippen LogP contribution in [0.3, 0.4) is 0 Å². The maximum absolute atomic E-state index is 12.6. The van der Waals surface area contributed by atoms with Gasteiger partial charge >= 0.3 is 0 Å². The molecule has 92 valence electrons. The van der Waals surface area contributed by atoms with E-state index in [4.69, 9.17) is 0 Å². The fourth-order valence-corrected chi connectivity index (χ4v) is 1.76. The molecule has 2 rings (SSSR count). The Morgan fingerprint density at radius 2 is 1.83 bits per heavy atom. The van der Waals surface area contributed by atoms with Gasteiger partial charge < -0.3 is 5.32 Å². The molecule has 0 aliphatic carbocycles. The molecule has 1 amide bonds. The summed E-state index contributed by atoms with van der Waals surface area (Å²) in [5.74, 6) is -0.898. The van der Waals surface area contributed by atoms with E-state index < -0.39 is 5.95 Å². The van der Waals surface area contributed by atoms with Gasteiger partial charge in [-0.15, -0.1) is 0 Å². The molecule has 0 unspecified atom stereocenters. The molecule has 0 aliphatic rings. The highest BCUT2D eigenvalue weighted by molar-refractivity contribution is 6.04. The maximum atomic E-state index is 12.6. The summed E-state index contributed by atoms with van der Waals surface area (Å²) in [6, 6.07) is 8.34. The summed E-state index contributed by atoms with van der Waals surface area (Å²) in [6.45, 7) is 3.92. The summed E-state index contributed by atoms with van der Waals surface area (Å²) >= 11 is 0. The molecule has 1 heterocycles. The molecule has 1 N–H and O–H groups in total. The molecule has 3 nitrogen and oxygen atoms in total. The molecule has 0 bridgehead atoms. The quantitative estimate of drug-likeness (QED) is 0.825. The summed E-state index contributed by atoms with van der Waals surface area (Å²) in [7, 11) is 0. The number of aryl methyl sites for hydroxylation is 2. The van der Waals surface area contributed by atoms with Crippen molar-refractivity contribution in [3.8, 4) is 0 Å². The lowest BCUT2D eigenvalue weighted by molar-refractivity contribution is 0.102. The Kier molecular flexibility index (Phi) is 3.37. The van der Waals surface area contributed by atoms with E-state index in [1.54, 1.807) is 0 Å². The highest BCUT2D eigenvalue weighted by atomic mass is 19.1. The lowest BCUT2D eigenvalue weighted by Gasteiger charge is -2.07. The molecule has 0 spiro atoms. The van der Waals surface area contributed by atoms with Crippen LogP contribution in [0, 0.1) is 19.8 Å². The molecule has 1 aromatic heterocycles. The summed E-state index contributed by atoms with van der Waals surface area (Å²) in [4.78, 5) is 15.3. The molecule has 0 saturated carbocycles. The number of halogens is 1. The van der Waals surface area contributed by atoms with Crippen molar-refractivity contribution in [2.45, 2.75) is 13.8 Å². The summed E-state index contributed by atoms with van der Waals surface area (Å²) in [6.07, 6.45) is 1.22. The smallest absolute Gasteiger partial charge is 0.257 e. The van der Waals surface area contributed by atoms with Gasteiger partial charge in [-0.3, -0.25) is 4.79 Å². The van der Waals surface area contributed by atoms with Crippen LogP contribution in [0.4, 0.5) is 10.1 Å². The lowest BCUT2D eigenvalue weighted by Crippen LogP contribution is -2.12. The first kappa shape index (κ1) is 12.2. The molecule has 2 aromatic rings. The van der Waals surface area contributed by atoms with E-state index in [1.165, 1.54) is 12.3 Å². The molecule has 0 fully saturated rings. The van der Waals surface area contributed by atoms with Crippen LogP contribution in [-0.2, 0) is 0 Å². The van der Waals surface area contributed by atoms with E-state index >= 15 is 0 Å². The van der Waals surface area contributed by atoms with Gasteiger partial charge in [0.25, 0.3) is 5.91 Å². The van der Waals surface area contributed by atoms with Crippen molar-refractivity contribution in [1.29, 1.82) is 0 Å². The second kappa shape index (κ2) is 4.96. The molecular weight excluding hydrogens is 231 g/mol. The van der Waals surface area contributed by atoms with Crippen molar-refractivity contribution in [3.05, 3.63) is 59.2 Å². The van der Waals surface area contributed by atoms with Gasteiger partial charge in [-0.2, -0.15) is 4.39 Å². The van der Waals surface area contributed by atoms with Crippen molar-refractivity contribution in [2.75, 3.05) is 5.32 Å². The average molecular weight is 244 g/mol. The largest absolute Gasteiger partial charge is 0.322 e. The Labute approximate surface area is 105 Å². The first-order valence-corrected chi connectivity index (χ1v) is 5.56. The predicted octanol–water partition coefficient (Wildman–Crippen LogP) is 3.09. The Bertz CT molecular complexity index is 559. The fraction of sp³-hybridized carbons (Fsp3) is 0.143. The normalized spacial score (nSPS) is 10.2. The van der Waals surface area contributed by atoms with Crippen LogP contribution in [0.2, 0.25) is 0 Å². The first-order chi connectivity index (χ1) is 8.54. The van der Waals surface area contributed by atoms with Gasteiger partial charge in [-0.1, -0.05) is 6.07 Å². The fourth-order valence-electron chi connectivity index (χ4n) is 1.76. The topological polar surface area (TPSA) is 42.0 Å². The number of aromatic nitrogens is 1. The van der Waals surface area contributed by atoms with Crippen LogP contribution in [0.1, 0.15) is 21.5 Å². The van der Waals surface area contributed by atoms with E-state index in [0.717, 1.165) is 22.9 Å². The van der Waals surface area contributed by atoms with Crippen LogP contribution in [0.15, 0.2) is 36.5 Å². The minimum atomic E-state index is -0.599. The summed E-state index contributed by atoms with van der Waals surface area (Å²) in [5.41, 5.74) is 3.20. The third kappa shape index (κ3) is 2.91. The van der Waals surface area contributed by atoms with Gasteiger partial charge in [0, 0.05) is 11.9 Å². The summed E-state index contributed by atoms with van der Waals surface area (Å²) in [5, 5.41) is 2.76. The number of anilines is 1. The number of hydrogen-bond donors (Lipinski definition) is 1. The SMILES string of the molecule is Cc1cc(C)cc(NC(=O)c2ccc(F)nc2)c1. The molecule has 0 saturated heterocycles. The number of hydrogen-bond acceptors (Lipinski definition) is 2. The predicted molar refractivity (Wildman–Crippen MR) is 68.1 cm³/mol. The Hall–Kier alpha value is -2.23. The van der Waals surface area contributed by atoms with Crippen LogP contribution < -0.4 is 5.32 Å².